The van der Waals surface area contributed by atoms with Gasteiger partial charge in [0.2, 0.25) is 5.91 Å². The third-order valence-corrected chi connectivity index (χ3v) is 4.47. The van der Waals surface area contributed by atoms with Crippen LogP contribution in [0.5, 0.6) is 0 Å². The molecule has 4 heteroatoms. The van der Waals surface area contributed by atoms with Crippen molar-refractivity contribution >= 4 is 33.4 Å². The lowest BCUT2D eigenvalue weighted by atomic mass is 10.1. The van der Waals surface area contributed by atoms with E-state index in [2.05, 4.69) is 15.9 Å². The molecule has 0 N–H and O–H groups in total. The van der Waals surface area contributed by atoms with E-state index < -0.39 is 0 Å². The molecule has 0 saturated carbocycles. The lowest BCUT2D eigenvalue weighted by Crippen LogP contribution is -2.41. The van der Waals surface area contributed by atoms with Crippen LogP contribution in [-0.2, 0) is 11.2 Å². The Kier molecular flexibility index (Phi) is 5.71. The van der Waals surface area contributed by atoms with Gasteiger partial charge in [-0.3, -0.25) is 4.79 Å². The fourth-order valence-corrected chi connectivity index (χ4v) is 3.36. The third kappa shape index (κ3) is 4.22. The Morgan fingerprint density at radius 1 is 1.37 bits per heavy atom. The number of hydrogen-bond acceptors (Lipinski definition) is 1. The minimum Gasteiger partial charge on any atom is -0.338 e. The number of nitrogens with zero attached hydrogens (tertiary/aromatic N) is 1. The van der Waals surface area contributed by atoms with Gasteiger partial charge < -0.3 is 4.90 Å². The van der Waals surface area contributed by atoms with Gasteiger partial charge in [-0.05, 0) is 30.5 Å². The maximum atomic E-state index is 12.5. The van der Waals surface area contributed by atoms with Gasteiger partial charge in [-0.1, -0.05) is 40.9 Å². The third-order valence-electron chi connectivity index (χ3n) is 3.62. The number of benzene rings is 1. The molecule has 0 aliphatic carbocycles. The van der Waals surface area contributed by atoms with E-state index in [1.807, 2.05) is 29.2 Å². The Bertz CT molecular complexity index is 438. The first-order valence-electron chi connectivity index (χ1n) is 6.80. The molecule has 0 bridgehead atoms. The van der Waals surface area contributed by atoms with Gasteiger partial charge in [0.25, 0.3) is 0 Å². The van der Waals surface area contributed by atoms with Crippen LogP contribution >= 0.6 is 27.5 Å². The minimum atomic E-state index is 0.200. The summed E-state index contributed by atoms with van der Waals surface area (Å²) in [5, 5.41) is 0. The van der Waals surface area contributed by atoms with Crippen molar-refractivity contribution in [3.05, 3.63) is 34.3 Å². The fraction of sp³-hybridized carbons (Fsp3) is 0.533. The standard InChI is InChI=1S/C15H19BrClNO/c16-13-6-4-5-12(9-13)10-15(19)18-8-3-1-2-7-14(18)11-17/h4-6,9,14H,1-3,7-8,10-11H2. The van der Waals surface area contributed by atoms with E-state index in [1.54, 1.807) is 0 Å². The maximum absolute atomic E-state index is 12.5. The Balaban J connectivity index is 2.04. The highest BCUT2D eigenvalue weighted by Gasteiger charge is 2.24. The second-order valence-electron chi connectivity index (χ2n) is 5.05. The molecule has 19 heavy (non-hydrogen) atoms. The number of carbonyl (C=O) groups is 1. The molecule has 1 amide bonds. The van der Waals surface area contributed by atoms with Crippen LogP contribution in [0.4, 0.5) is 0 Å². The molecule has 1 saturated heterocycles. The molecule has 1 aliphatic rings. The van der Waals surface area contributed by atoms with Gasteiger partial charge in [-0.15, -0.1) is 11.6 Å². The van der Waals surface area contributed by atoms with Gasteiger partial charge in [0.1, 0.15) is 0 Å². The predicted molar refractivity (Wildman–Crippen MR) is 82.5 cm³/mol. The molecule has 0 spiro atoms. The summed E-state index contributed by atoms with van der Waals surface area (Å²) in [4.78, 5) is 14.4. The van der Waals surface area contributed by atoms with Crippen molar-refractivity contribution in [3.63, 3.8) is 0 Å². The van der Waals surface area contributed by atoms with Crippen molar-refractivity contribution in [1.29, 1.82) is 0 Å². The average Bonchev–Trinajstić information content (AvgIpc) is 2.63. The zero-order valence-corrected chi connectivity index (χ0v) is 13.3. The van der Waals surface area contributed by atoms with Crippen molar-refractivity contribution < 1.29 is 4.79 Å². The van der Waals surface area contributed by atoms with Crippen LogP contribution in [0.25, 0.3) is 0 Å². The van der Waals surface area contributed by atoms with Crippen LogP contribution in [-0.4, -0.2) is 29.3 Å². The molecule has 104 valence electrons. The number of likely N-dealkylation sites (tertiary alicyclic amines) is 1. The molecule has 1 fully saturated rings. The van der Waals surface area contributed by atoms with Gasteiger partial charge in [-0.25, -0.2) is 0 Å². The molecule has 2 rings (SSSR count). The topological polar surface area (TPSA) is 20.3 Å². The second kappa shape index (κ2) is 7.30. The maximum Gasteiger partial charge on any atom is 0.227 e. The summed E-state index contributed by atoms with van der Waals surface area (Å²) in [6, 6.07) is 8.15. The van der Waals surface area contributed by atoms with Crippen molar-refractivity contribution in [2.24, 2.45) is 0 Å². The summed E-state index contributed by atoms with van der Waals surface area (Å²) in [6.45, 7) is 0.851. The number of rotatable bonds is 3. The second-order valence-corrected chi connectivity index (χ2v) is 6.28. The zero-order valence-electron chi connectivity index (χ0n) is 10.9. The summed E-state index contributed by atoms with van der Waals surface area (Å²) in [7, 11) is 0. The number of hydrogen-bond donors (Lipinski definition) is 0. The number of alkyl halides is 1. The van der Waals surface area contributed by atoms with Crippen LogP contribution in [0.1, 0.15) is 31.2 Å². The van der Waals surface area contributed by atoms with Crippen LogP contribution in [0.2, 0.25) is 0 Å². The summed E-state index contributed by atoms with van der Waals surface area (Å²) in [5.74, 6) is 0.746. The van der Waals surface area contributed by atoms with Crippen molar-refractivity contribution in [3.8, 4) is 0 Å². The van der Waals surface area contributed by atoms with Gasteiger partial charge in [0, 0.05) is 22.9 Å². The van der Waals surface area contributed by atoms with E-state index in [-0.39, 0.29) is 11.9 Å². The zero-order chi connectivity index (χ0) is 13.7. The predicted octanol–water partition coefficient (Wildman–Crippen LogP) is 4.00. The molecule has 0 radical (unpaired) electrons. The Morgan fingerprint density at radius 3 is 2.95 bits per heavy atom. The number of amides is 1. The molecule has 0 aromatic heterocycles. The van der Waals surface area contributed by atoms with Gasteiger partial charge in [-0.2, -0.15) is 0 Å². The minimum absolute atomic E-state index is 0.200. The van der Waals surface area contributed by atoms with Crippen molar-refractivity contribution in [1.82, 2.24) is 4.90 Å². The quantitative estimate of drug-likeness (QED) is 0.759. The van der Waals surface area contributed by atoms with Crippen LogP contribution in [0.3, 0.4) is 0 Å². The first-order valence-corrected chi connectivity index (χ1v) is 8.13. The highest BCUT2D eigenvalue weighted by atomic mass is 79.9. The molecule has 1 atom stereocenters. The van der Waals surface area contributed by atoms with Crippen molar-refractivity contribution in [2.45, 2.75) is 38.1 Å². The Labute approximate surface area is 128 Å². The SMILES string of the molecule is O=C(Cc1cccc(Br)c1)N1CCCCCC1CCl. The summed E-state index contributed by atoms with van der Waals surface area (Å²) >= 11 is 9.46. The largest absolute Gasteiger partial charge is 0.338 e. The highest BCUT2D eigenvalue weighted by molar-refractivity contribution is 9.10. The Hall–Kier alpha value is -0.540. The van der Waals surface area contributed by atoms with Gasteiger partial charge in [0.15, 0.2) is 0 Å². The number of carbonyl (C=O) groups excluding carboxylic acids is 1. The van der Waals surface area contributed by atoms with E-state index in [4.69, 9.17) is 11.6 Å². The Morgan fingerprint density at radius 2 is 2.21 bits per heavy atom. The van der Waals surface area contributed by atoms with Crippen LogP contribution in [0.15, 0.2) is 28.7 Å². The summed E-state index contributed by atoms with van der Waals surface area (Å²) in [6.07, 6.45) is 4.98. The normalized spacial score (nSPS) is 20.1. The fourth-order valence-electron chi connectivity index (χ4n) is 2.59. The summed E-state index contributed by atoms with van der Waals surface area (Å²) < 4.78 is 1.02. The average molecular weight is 345 g/mol. The van der Waals surface area contributed by atoms with E-state index in [0.717, 1.165) is 29.4 Å². The monoisotopic (exact) mass is 343 g/mol. The van der Waals surface area contributed by atoms with Crippen LogP contribution < -0.4 is 0 Å². The molecule has 1 aliphatic heterocycles. The first-order chi connectivity index (χ1) is 9.20. The number of halogens is 2. The van der Waals surface area contributed by atoms with Gasteiger partial charge >= 0.3 is 0 Å². The van der Waals surface area contributed by atoms with Crippen molar-refractivity contribution in [2.75, 3.05) is 12.4 Å². The molecule has 2 nitrogen and oxygen atoms in total. The van der Waals surface area contributed by atoms with E-state index in [9.17, 15) is 4.79 Å². The molecular weight excluding hydrogens is 326 g/mol. The molecule has 1 aromatic rings. The molecular formula is C15H19BrClNO. The molecule has 1 aromatic carbocycles. The summed E-state index contributed by atoms with van der Waals surface area (Å²) in [5.41, 5.74) is 1.05. The van der Waals surface area contributed by atoms with Gasteiger partial charge in [0.05, 0.1) is 6.42 Å². The van der Waals surface area contributed by atoms with Crippen LogP contribution in [0, 0.1) is 0 Å². The highest BCUT2D eigenvalue weighted by Crippen LogP contribution is 2.20. The van der Waals surface area contributed by atoms with E-state index in [0.29, 0.717) is 12.3 Å². The smallest absolute Gasteiger partial charge is 0.227 e. The lowest BCUT2D eigenvalue weighted by molar-refractivity contribution is -0.132. The molecule has 1 heterocycles. The van der Waals surface area contributed by atoms with E-state index >= 15 is 0 Å². The van der Waals surface area contributed by atoms with E-state index in [1.165, 1.54) is 12.8 Å². The lowest BCUT2D eigenvalue weighted by Gasteiger charge is -2.28. The molecule has 1 unspecified atom stereocenters. The first kappa shape index (κ1) is 14.9.